The number of carbonyl (C=O) groups excluding carboxylic acids is 1. The molecule has 1 aromatic heterocycles. The van der Waals surface area contributed by atoms with Crippen LogP contribution in [0.5, 0.6) is 0 Å². The number of benzene rings is 3. The van der Waals surface area contributed by atoms with E-state index in [1.807, 2.05) is 12.1 Å². The van der Waals surface area contributed by atoms with Crippen molar-refractivity contribution in [2.24, 2.45) is 5.92 Å². The third kappa shape index (κ3) is 5.48. The van der Waals surface area contributed by atoms with Crippen molar-refractivity contribution < 1.29 is 4.79 Å². The van der Waals surface area contributed by atoms with E-state index in [4.69, 9.17) is 4.98 Å². The Balaban J connectivity index is 1.08. The molecule has 6 nitrogen and oxygen atoms in total. The number of halogens is 1. The van der Waals surface area contributed by atoms with Gasteiger partial charge in [0, 0.05) is 47.9 Å². The first-order valence-electron chi connectivity index (χ1n) is 14.0. The van der Waals surface area contributed by atoms with E-state index in [0.29, 0.717) is 5.91 Å². The highest BCUT2D eigenvalue weighted by Crippen LogP contribution is 2.28. The number of rotatable bonds is 5. The molecule has 0 spiro atoms. The molecule has 3 aromatic carbocycles. The molecule has 7 heteroatoms. The normalized spacial score (nSPS) is 17.2. The van der Waals surface area contributed by atoms with E-state index in [-0.39, 0.29) is 5.92 Å². The van der Waals surface area contributed by atoms with Crippen molar-refractivity contribution in [1.82, 2.24) is 19.4 Å². The predicted octanol–water partition coefficient (Wildman–Crippen LogP) is 5.97. The number of hydrogen-bond donors (Lipinski definition) is 0. The van der Waals surface area contributed by atoms with Crippen LogP contribution in [0.2, 0.25) is 0 Å². The van der Waals surface area contributed by atoms with E-state index in [1.54, 1.807) is 0 Å². The molecule has 0 radical (unpaired) electrons. The first kappa shape index (κ1) is 26.1. The van der Waals surface area contributed by atoms with E-state index in [9.17, 15) is 4.79 Å². The molecule has 202 valence electrons. The number of carbonyl (C=O) groups is 1. The summed E-state index contributed by atoms with van der Waals surface area (Å²) >= 11 is 3.63. The van der Waals surface area contributed by atoms with Gasteiger partial charge in [-0.15, -0.1) is 0 Å². The lowest BCUT2D eigenvalue weighted by atomic mass is 9.95. The van der Waals surface area contributed by atoms with Crippen LogP contribution in [0.15, 0.2) is 71.2 Å². The summed E-state index contributed by atoms with van der Waals surface area (Å²) < 4.78 is 3.32. The number of aryl methyl sites for hydroxylation is 2. The molecule has 0 atom stereocenters. The smallest absolute Gasteiger partial charge is 0.225 e. The lowest BCUT2D eigenvalue weighted by Gasteiger charge is -2.39. The molecule has 0 unspecified atom stereocenters. The van der Waals surface area contributed by atoms with E-state index < -0.39 is 0 Å². The van der Waals surface area contributed by atoms with Gasteiger partial charge in [0.2, 0.25) is 5.91 Å². The quantitative estimate of drug-likeness (QED) is 0.289. The minimum atomic E-state index is 0.123. The minimum Gasteiger partial charge on any atom is -0.368 e. The fourth-order valence-corrected chi connectivity index (χ4v) is 6.50. The highest BCUT2D eigenvalue weighted by atomic mass is 79.9. The van der Waals surface area contributed by atoms with Crippen LogP contribution in [-0.4, -0.2) is 64.5 Å². The number of para-hydroxylation sites is 2. The van der Waals surface area contributed by atoms with Crippen molar-refractivity contribution >= 4 is 38.6 Å². The number of likely N-dealkylation sites (tertiary alicyclic amines) is 1. The number of fused-ring (bicyclic) bond motifs is 1. The van der Waals surface area contributed by atoms with Crippen LogP contribution < -0.4 is 4.90 Å². The molecule has 0 N–H and O–H groups in total. The number of imidazole rings is 1. The average Bonchev–Trinajstić information content (AvgIpc) is 3.32. The van der Waals surface area contributed by atoms with Crippen molar-refractivity contribution in [2.75, 3.05) is 44.2 Å². The van der Waals surface area contributed by atoms with Crippen LogP contribution in [-0.2, 0) is 11.3 Å². The van der Waals surface area contributed by atoms with Crippen LogP contribution >= 0.6 is 15.9 Å². The van der Waals surface area contributed by atoms with Gasteiger partial charge < -0.3 is 9.80 Å². The van der Waals surface area contributed by atoms with Crippen molar-refractivity contribution in [3.05, 3.63) is 88.2 Å². The number of hydrogen-bond acceptors (Lipinski definition) is 4. The number of aromatic nitrogens is 2. The van der Waals surface area contributed by atoms with E-state index in [2.05, 4.69) is 104 Å². The lowest BCUT2D eigenvalue weighted by Crippen LogP contribution is -2.51. The fraction of sp³-hybridized carbons (Fsp3) is 0.375. The molecule has 3 heterocycles. The van der Waals surface area contributed by atoms with Gasteiger partial charge in [-0.05, 0) is 87.3 Å². The van der Waals surface area contributed by atoms with E-state index in [0.717, 1.165) is 85.7 Å². The molecule has 39 heavy (non-hydrogen) atoms. The predicted molar refractivity (Wildman–Crippen MR) is 161 cm³/mol. The summed E-state index contributed by atoms with van der Waals surface area (Å²) in [6.07, 6.45) is 1.82. The Labute approximate surface area is 239 Å². The second kappa shape index (κ2) is 11.1. The highest BCUT2D eigenvalue weighted by molar-refractivity contribution is 9.10. The van der Waals surface area contributed by atoms with Crippen LogP contribution in [0.25, 0.3) is 16.7 Å². The second-order valence-electron chi connectivity index (χ2n) is 11.0. The zero-order valence-electron chi connectivity index (χ0n) is 22.8. The van der Waals surface area contributed by atoms with Gasteiger partial charge >= 0.3 is 0 Å². The molecule has 2 saturated heterocycles. The van der Waals surface area contributed by atoms with Gasteiger partial charge in [-0.1, -0.05) is 46.3 Å². The van der Waals surface area contributed by atoms with Gasteiger partial charge in [-0.2, -0.15) is 0 Å². The number of nitrogens with zero attached hydrogens (tertiary/aromatic N) is 5. The first-order valence-corrected chi connectivity index (χ1v) is 14.8. The van der Waals surface area contributed by atoms with Gasteiger partial charge in [0.15, 0.2) is 0 Å². The molecule has 0 aliphatic carbocycles. The molecule has 0 bridgehead atoms. The van der Waals surface area contributed by atoms with Crippen molar-refractivity contribution in [2.45, 2.75) is 33.2 Å². The zero-order valence-corrected chi connectivity index (χ0v) is 24.4. The molecule has 6 rings (SSSR count). The number of piperazine rings is 1. The van der Waals surface area contributed by atoms with Gasteiger partial charge in [-0.3, -0.25) is 14.3 Å². The molecule has 2 fully saturated rings. The van der Waals surface area contributed by atoms with Gasteiger partial charge in [0.05, 0.1) is 17.6 Å². The van der Waals surface area contributed by atoms with Crippen LogP contribution in [0, 0.1) is 19.8 Å². The Hall–Kier alpha value is -3.16. The molecular weight excluding hydrogens is 550 g/mol. The van der Waals surface area contributed by atoms with E-state index >= 15 is 0 Å². The monoisotopic (exact) mass is 585 g/mol. The summed E-state index contributed by atoms with van der Waals surface area (Å²) in [6.45, 7) is 10.4. The first-order chi connectivity index (χ1) is 19.0. The Morgan fingerprint density at radius 2 is 1.67 bits per heavy atom. The lowest BCUT2D eigenvalue weighted by molar-refractivity contribution is -0.137. The summed E-state index contributed by atoms with van der Waals surface area (Å²) in [5.41, 5.74) is 7.14. The van der Waals surface area contributed by atoms with Crippen molar-refractivity contribution in [3.63, 3.8) is 0 Å². The Morgan fingerprint density at radius 3 is 2.44 bits per heavy atom. The molecule has 4 aromatic rings. The molecule has 0 saturated carbocycles. The maximum atomic E-state index is 13.4. The van der Waals surface area contributed by atoms with Crippen LogP contribution in [0.1, 0.15) is 29.8 Å². The standard InChI is InChI=1S/C32H36BrN5O/c1-23-10-11-24(2)30(20-23)36-16-18-37(19-17-36)32(39)25-12-14-35(15-13-25)22-31-34-28-8-3-4-9-29(28)38(31)27-7-5-6-26(33)21-27/h3-11,20-21,25H,12-19,22H2,1-2H3. The highest BCUT2D eigenvalue weighted by Gasteiger charge is 2.31. The summed E-state index contributed by atoms with van der Waals surface area (Å²) in [7, 11) is 0. The largest absolute Gasteiger partial charge is 0.368 e. The van der Waals surface area contributed by atoms with Crippen LogP contribution in [0.3, 0.4) is 0 Å². The summed E-state index contributed by atoms with van der Waals surface area (Å²) in [5, 5.41) is 0. The fourth-order valence-electron chi connectivity index (χ4n) is 6.11. The topological polar surface area (TPSA) is 44.6 Å². The molecular formula is C32H36BrN5O. The van der Waals surface area contributed by atoms with Gasteiger partial charge in [0.25, 0.3) is 0 Å². The third-order valence-corrected chi connectivity index (χ3v) is 8.79. The molecule has 1 amide bonds. The van der Waals surface area contributed by atoms with E-state index in [1.165, 1.54) is 16.8 Å². The Morgan fingerprint density at radius 1 is 0.897 bits per heavy atom. The maximum absolute atomic E-state index is 13.4. The number of piperidine rings is 1. The summed E-state index contributed by atoms with van der Waals surface area (Å²) in [5.74, 6) is 1.51. The molecule has 2 aliphatic rings. The third-order valence-electron chi connectivity index (χ3n) is 8.30. The SMILES string of the molecule is Cc1ccc(C)c(N2CCN(C(=O)C3CCN(Cc4nc5ccccc5n4-c4cccc(Br)c4)CC3)CC2)c1. The molecule has 2 aliphatic heterocycles. The van der Waals surface area contributed by atoms with Gasteiger partial charge in [0.1, 0.15) is 5.82 Å². The Bertz CT molecular complexity index is 1480. The number of amides is 1. The van der Waals surface area contributed by atoms with Crippen molar-refractivity contribution in [3.8, 4) is 5.69 Å². The van der Waals surface area contributed by atoms with Crippen LogP contribution in [0.4, 0.5) is 5.69 Å². The average molecular weight is 587 g/mol. The summed E-state index contributed by atoms with van der Waals surface area (Å²) in [4.78, 5) is 25.4. The van der Waals surface area contributed by atoms with Gasteiger partial charge in [-0.25, -0.2) is 4.98 Å². The second-order valence-corrected chi connectivity index (χ2v) is 11.9. The maximum Gasteiger partial charge on any atom is 0.225 e. The van der Waals surface area contributed by atoms with Crippen molar-refractivity contribution in [1.29, 1.82) is 0 Å². The minimum absolute atomic E-state index is 0.123. The number of anilines is 1. The zero-order chi connectivity index (χ0) is 26.9. The summed E-state index contributed by atoms with van der Waals surface area (Å²) in [6, 6.07) is 23.4. The Kier molecular flexibility index (Phi) is 7.45.